The van der Waals surface area contributed by atoms with E-state index in [2.05, 4.69) is 106 Å². The van der Waals surface area contributed by atoms with Gasteiger partial charge >= 0.3 is 17.9 Å². The topological polar surface area (TPSA) is 78.9 Å². The van der Waals surface area contributed by atoms with E-state index in [-0.39, 0.29) is 31.1 Å². The van der Waals surface area contributed by atoms with Crippen LogP contribution < -0.4 is 0 Å². The summed E-state index contributed by atoms with van der Waals surface area (Å²) in [6.07, 6.45) is 88.8. The molecule has 0 bridgehead atoms. The molecular formula is C73H128O6. The number of carbonyl (C=O) groups excluding carboxylic acids is 3. The van der Waals surface area contributed by atoms with Gasteiger partial charge in [-0.05, 0) is 96.3 Å². The van der Waals surface area contributed by atoms with Crippen molar-refractivity contribution >= 4 is 17.9 Å². The van der Waals surface area contributed by atoms with Gasteiger partial charge in [-0.3, -0.25) is 14.4 Å². The van der Waals surface area contributed by atoms with E-state index < -0.39 is 6.10 Å². The van der Waals surface area contributed by atoms with Gasteiger partial charge in [0.25, 0.3) is 0 Å². The minimum absolute atomic E-state index is 0.0841. The summed E-state index contributed by atoms with van der Waals surface area (Å²) in [4.78, 5) is 38.4. The van der Waals surface area contributed by atoms with Gasteiger partial charge in [0.1, 0.15) is 13.2 Å². The molecule has 0 aromatic rings. The third-order valence-electron chi connectivity index (χ3n) is 14.9. The highest BCUT2D eigenvalue weighted by Crippen LogP contribution is 2.17. The Labute approximate surface area is 490 Å². The first-order valence-electron chi connectivity index (χ1n) is 34.1. The van der Waals surface area contributed by atoms with Gasteiger partial charge in [0.2, 0.25) is 0 Å². The summed E-state index contributed by atoms with van der Waals surface area (Å²) in [6, 6.07) is 0. The van der Waals surface area contributed by atoms with Gasteiger partial charge in [-0.25, -0.2) is 0 Å². The van der Waals surface area contributed by atoms with E-state index in [4.69, 9.17) is 14.2 Å². The van der Waals surface area contributed by atoms with E-state index in [1.54, 1.807) is 0 Å². The number of rotatable bonds is 62. The summed E-state index contributed by atoms with van der Waals surface area (Å²) in [5.41, 5.74) is 0. The molecule has 456 valence electrons. The van der Waals surface area contributed by atoms with Crippen LogP contribution in [0.5, 0.6) is 0 Å². The normalized spacial score (nSPS) is 12.6. The fourth-order valence-corrected chi connectivity index (χ4v) is 9.80. The van der Waals surface area contributed by atoms with Crippen molar-refractivity contribution in [1.82, 2.24) is 0 Å². The second kappa shape index (κ2) is 67.1. The molecule has 0 aromatic carbocycles. The number of hydrogen-bond donors (Lipinski definition) is 0. The SMILES string of the molecule is CC/C=C\C/C=C\C/C=C\C/C=C\C/C=C\C/C=C\CCCCCCC(=O)OCC(COC(=O)CCCCCCCCC/C=C\CCCCCCCCC)OC(=O)CCCCCCCCCCCCCCCCCCCCCC. The largest absolute Gasteiger partial charge is 0.462 e. The zero-order chi connectivity index (χ0) is 57.1. The maximum atomic E-state index is 13.0. The molecule has 0 N–H and O–H groups in total. The molecule has 0 amide bonds. The lowest BCUT2D eigenvalue weighted by molar-refractivity contribution is -0.167. The third-order valence-corrected chi connectivity index (χ3v) is 14.9. The average molecular weight is 1100 g/mol. The maximum Gasteiger partial charge on any atom is 0.306 e. The highest BCUT2D eigenvalue weighted by atomic mass is 16.6. The molecule has 0 radical (unpaired) electrons. The standard InChI is InChI=1S/C73H128O6/c1-4-7-10-13-16-19-22-25-28-31-34-36-37-38-40-42-45-48-51-54-57-60-63-66-72(75)78-69-70(68-77-71(74)65-62-59-56-53-50-47-44-41-33-30-27-24-21-18-15-12-9-6-3)79-73(76)67-64-61-58-55-52-49-46-43-39-35-32-29-26-23-20-17-14-11-8-5-2/h7,10,16,19,25,28,30,33-34,36,38,40,45,48,70H,4-6,8-9,11-15,17-18,20-24,26-27,29,31-32,35,37,39,41-44,46-47,49-69H2,1-3H3/b10-7-,19-16-,28-25-,33-30-,36-34-,40-38-,48-45-. The number of unbranched alkanes of at least 4 members (excludes halogenated alkanes) is 37. The molecule has 0 fully saturated rings. The predicted molar refractivity (Wildman–Crippen MR) is 344 cm³/mol. The van der Waals surface area contributed by atoms with Crippen molar-refractivity contribution in [3.8, 4) is 0 Å². The molecule has 0 spiro atoms. The lowest BCUT2D eigenvalue weighted by atomic mass is 10.0. The number of esters is 3. The number of carbonyl (C=O) groups is 3. The summed E-state index contributed by atoms with van der Waals surface area (Å²) in [5.74, 6) is -0.895. The molecule has 0 aliphatic heterocycles. The fourth-order valence-electron chi connectivity index (χ4n) is 9.80. The maximum absolute atomic E-state index is 13.0. The molecule has 0 aromatic heterocycles. The summed E-state index contributed by atoms with van der Waals surface area (Å²) in [6.45, 7) is 6.55. The number of allylic oxidation sites excluding steroid dienone is 14. The van der Waals surface area contributed by atoms with E-state index in [1.807, 2.05) is 0 Å². The second-order valence-corrected chi connectivity index (χ2v) is 22.7. The average Bonchev–Trinajstić information content (AvgIpc) is 3.45. The van der Waals surface area contributed by atoms with E-state index in [9.17, 15) is 14.4 Å². The Bertz CT molecular complexity index is 1500. The Hall–Kier alpha value is -3.41. The minimum atomic E-state index is -0.790. The molecular weight excluding hydrogens is 973 g/mol. The van der Waals surface area contributed by atoms with Crippen LogP contribution in [0.4, 0.5) is 0 Å². The molecule has 6 heteroatoms. The lowest BCUT2D eigenvalue weighted by Crippen LogP contribution is -2.30. The van der Waals surface area contributed by atoms with Crippen LogP contribution in [0.2, 0.25) is 0 Å². The molecule has 6 nitrogen and oxygen atoms in total. The number of ether oxygens (including phenoxy) is 3. The van der Waals surface area contributed by atoms with Gasteiger partial charge in [-0.15, -0.1) is 0 Å². The molecule has 79 heavy (non-hydrogen) atoms. The second-order valence-electron chi connectivity index (χ2n) is 22.7. The summed E-state index contributed by atoms with van der Waals surface area (Å²) >= 11 is 0. The van der Waals surface area contributed by atoms with Crippen LogP contribution in [-0.2, 0) is 28.6 Å². The molecule has 0 aliphatic carbocycles. The van der Waals surface area contributed by atoms with Crippen molar-refractivity contribution in [3.63, 3.8) is 0 Å². The van der Waals surface area contributed by atoms with Gasteiger partial charge in [0.05, 0.1) is 0 Å². The van der Waals surface area contributed by atoms with Crippen molar-refractivity contribution in [2.45, 2.75) is 348 Å². The summed E-state index contributed by atoms with van der Waals surface area (Å²) in [5, 5.41) is 0. The van der Waals surface area contributed by atoms with Crippen LogP contribution in [0.3, 0.4) is 0 Å². The zero-order valence-corrected chi connectivity index (χ0v) is 52.4. The van der Waals surface area contributed by atoms with Gasteiger partial charge in [-0.1, -0.05) is 311 Å². The highest BCUT2D eigenvalue weighted by molar-refractivity contribution is 5.71. The minimum Gasteiger partial charge on any atom is -0.462 e. The van der Waals surface area contributed by atoms with Crippen LogP contribution in [0.1, 0.15) is 342 Å². The Morgan fingerprint density at radius 1 is 0.266 bits per heavy atom. The van der Waals surface area contributed by atoms with E-state index >= 15 is 0 Å². The summed E-state index contributed by atoms with van der Waals surface area (Å²) in [7, 11) is 0. The quantitative estimate of drug-likeness (QED) is 0.0261. The first-order valence-corrected chi connectivity index (χ1v) is 34.1. The Morgan fingerprint density at radius 2 is 0.494 bits per heavy atom. The van der Waals surface area contributed by atoms with Crippen LogP contribution >= 0.6 is 0 Å². The Morgan fingerprint density at radius 3 is 0.785 bits per heavy atom. The molecule has 0 saturated carbocycles. The smallest absolute Gasteiger partial charge is 0.306 e. The van der Waals surface area contributed by atoms with Crippen molar-refractivity contribution in [1.29, 1.82) is 0 Å². The van der Waals surface area contributed by atoms with Crippen LogP contribution in [0.25, 0.3) is 0 Å². The fraction of sp³-hybridized carbons (Fsp3) is 0.767. The number of hydrogen-bond acceptors (Lipinski definition) is 6. The molecule has 0 heterocycles. The molecule has 1 unspecified atom stereocenters. The van der Waals surface area contributed by atoms with Crippen LogP contribution in [0.15, 0.2) is 85.1 Å². The molecule has 1 atom stereocenters. The Kier molecular flexibility index (Phi) is 64.2. The van der Waals surface area contributed by atoms with Crippen molar-refractivity contribution in [2.75, 3.05) is 13.2 Å². The van der Waals surface area contributed by atoms with Crippen LogP contribution in [-0.4, -0.2) is 37.2 Å². The van der Waals surface area contributed by atoms with E-state index in [1.165, 1.54) is 193 Å². The molecule has 0 rings (SSSR count). The van der Waals surface area contributed by atoms with Crippen molar-refractivity contribution in [3.05, 3.63) is 85.1 Å². The first kappa shape index (κ1) is 75.6. The van der Waals surface area contributed by atoms with Gasteiger partial charge in [0.15, 0.2) is 6.10 Å². The monoisotopic (exact) mass is 1100 g/mol. The van der Waals surface area contributed by atoms with Gasteiger partial charge < -0.3 is 14.2 Å². The first-order chi connectivity index (χ1) is 39.0. The lowest BCUT2D eigenvalue weighted by Gasteiger charge is -2.18. The van der Waals surface area contributed by atoms with Gasteiger partial charge in [-0.2, -0.15) is 0 Å². The van der Waals surface area contributed by atoms with Crippen molar-refractivity contribution in [2.24, 2.45) is 0 Å². The highest BCUT2D eigenvalue weighted by Gasteiger charge is 2.19. The van der Waals surface area contributed by atoms with E-state index in [0.717, 1.165) is 109 Å². The van der Waals surface area contributed by atoms with Gasteiger partial charge in [0, 0.05) is 19.3 Å². The van der Waals surface area contributed by atoms with Crippen molar-refractivity contribution < 1.29 is 28.6 Å². The Balaban J connectivity index is 4.41. The zero-order valence-electron chi connectivity index (χ0n) is 52.4. The third kappa shape index (κ3) is 65.3. The molecule has 0 saturated heterocycles. The molecule has 0 aliphatic rings. The van der Waals surface area contributed by atoms with Crippen LogP contribution in [0, 0.1) is 0 Å². The predicted octanol–water partition coefficient (Wildman–Crippen LogP) is 23.4. The van der Waals surface area contributed by atoms with E-state index in [0.29, 0.717) is 19.3 Å². The summed E-state index contributed by atoms with van der Waals surface area (Å²) < 4.78 is 17.0.